The summed E-state index contributed by atoms with van der Waals surface area (Å²) in [4.78, 5) is 25.9. The van der Waals surface area contributed by atoms with Crippen molar-refractivity contribution in [3.05, 3.63) is 6.07 Å². The molecule has 1 spiro atoms. The van der Waals surface area contributed by atoms with Crippen molar-refractivity contribution < 1.29 is 19.0 Å². The number of amides is 1. The standard InChI is InChI=1S/C17H26N4O4/c1-23-10-9-20-7-4-5-17(15(20)22)6-8-21(12-17)16-18-13(24-2)11-14(19-16)25-3/h11H,4-10,12H2,1-3H3/t17-/m1/s1. The van der Waals surface area contributed by atoms with Crippen LogP contribution in [0.4, 0.5) is 5.95 Å². The van der Waals surface area contributed by atoms with E-state index in [0.717, 1.165) is 32.4 Å². The first-order valence-electron chi connectivity index (χ1n) is 8.62. The number of nitrogens with zero attached hydrogens (tertiary/aromatic N) is 4. The lowest BCUT2D eigenvalue weighted by molar-refractivity contribution is -0.145. The molecule has 1 amide bonds. The molecule has 8 heteroatoms. The van der Waals surface area contributed by atoms with Gasteiger partial charge in [0.05, 0.1) is 32.3 Å². The highest BCUT2D eigenvalue weighted by Gasteiger charge is 2.48. The molecule has 2 saturated heterocycles. The van der Waals surface area contributed by atoms with Crippen molar-refractivity contribution in [1.82, 2.24) is 14.9 Å². The Morgan fingerprint density at radius 3 is 2.48 bits per heavy atom. The third kappa shape index (κ3) is 3.49. The Hall–Kier alpha value is -2.09. The number of likely N-dealkylation sites (tertiary alicyclic amines) is 1. The summed E-state index contributed by atoms with van der Waals surface area (Å²) in [5.74, 6) is 1.70. The highest BCUT2D eigenvalue weighted by atomic mass is 16.5. The van der Waals surface area contributed by atoms with Crippen molar-refractivity contribution in [2.75, 3.05) is 59.0 Å². The Kier molecular flexibility index (Phi) is 5.27. The van der Waals surface area contributed by atoms with E-state index in [0.29, 0.717) is 37.4 Å². The molecule has 2 aliphatic rings. The molecule has 1 aromatic rings. The van der Waals surface area contributed by atoms with Gasteiger partial charge >= 0.3 is 0 Å². The van der Waals surface area contributed by atoms with Crippen LogP contribution in [0.1, 0.15) is 19.3 Å². The second kappa shape index (κ2) is 7.43. The van der Waals surface area contributed by atoms with Gasteiger partial charge in [0.1, 0.15) is 0 Å². The molecular formula is C17H26N4O4. The third-order valence-corrected chi connectivity index (χ3v) is 5.11. The van der Waals surface area contributed by atoms with Crippen LogP contribution in [-0.2, 0) is 9.53 Å². The van der Waals surface area contributed by atoms with Gasteiger partial charge in [-0.1, -0.05) is 0 Å². The molecule has 0 saturated carbocycles. The Balaban J connectivity index is 1.77. The third-order valence-electron chi connectivity index (χ3n) is 5.11. The Labute approximate surface area is 148 Å². The van der Waals surface area contributed by atoms with E-state index in [1.165, 1.54) is 0 Å². The fourth-order valence-corrected chi connectivity index (χ4v) is 3.73. The molecule has 8 nitrogen and oxygen atoms in total. The number of ether oxygens (including phenoxy) is 3. The number of hydrogen-bond acceptors (Lipinski definition) is 7. The maximum atomic E-state index is 13.0. The minimum atomic E-state index is -0.342. The van der Waals surface area contributed by atoms with Crippen LogP contribution in [0.5, 0.6) is 11.8 Å². The number of carbonyl (C=O) groups is 1. The largest absolute Gasteiger partial charge is 0.481 e. The summed E-state index contributed by atoms with van der Waals surface area (Å²) < 4.78 is 15.6. The van der Waals surface area contributed by atoms with E-state index < -0.39 is 0 Å². The summed E-state index contributed by atoms with van der Waals surface area (Å²) in [6.07, 6.45) is 2.75. The van der Waals surface area contributed by atoms with E-state index >= 15 is 0 Å². The lowest BCUT2D eigenvalue weighted by Crippen LogP contribution is -2.51. The minimum Gasteiger partial charge on any atom is -0.481 e. The molecular weight excluding hydrogens is 324 g/mol. The second-order valence-electron chi connectivity index (χ2n) is 6.59. The van der Waals surface area contributed by atoms with Gasteiger partial charge in [0.25, 0.3) is 0 Å². The lowest BCUT2D eigenvalue weighted by Gasteiger charge is -2.39. The average molecular weight is 350 g/mol. The molecule has 0 aromatic carbocycles. The van der Waals surface area contributed by atoms with Crippen molar-refractivity contribution in [2.45, 2.75) is 19.3 Å². The van der Waals surface area contributed by atoms with Crippen LogP contribution in [0.15, 0.2) is 6.07 Å². The number of aromatic nitrogens is 2. The van der Waals surface area contributed by atoms with Crippen molar-refractivity contribution in [3.8, 4) is 11.8 Å². The molecule has 3 heterocycles. The highest BCUT2D eigenvalue weighted by Crippen LogP contribution is 2.41. The van der Waals surface area contributed by atoms with E-state index in [1.807, 2.05) is 4.90 Å². The smallest absolute Gasteiger partial charge is 0.232 e. The summed E-state index contributed by atoms with van der Waals surface area (Å²) in [6.45, 7) is 3.42. The fraction of sp³-hybridized carbons (Fsp3) is 0.706. The van der Waals surface area contributed by atoms with Gasteiger partial charge in [-0.3, -0.25) is 4.79 Å². The highest BCUT2D eigenvalue weighted by molar-refractivity contribution is 5.85. The zero-order valence-electron chi connectivity index (χ0n) is 15.2. The number of methoxy groups -OCH3 is 3. The summed E-state index contributed by atoms with van der Waals surface area (Å²) in [6, 6.07) is 1.65. The summed E-state index contributed by atoms with van der Waals surface area (Å²) in [5.41, 5.74) is -0.342. The summed E-state index contributed by atoms with van der Waals surface area (Å²) in [7, 11) is 4.79. The van der Waals surface area contributed by atoms with Crippen LogP contribution < -0.4 is 14.4 Å². The average Bonchev–Trinajstić information content (AvgIpc) is 3.07. The molecule has 2 fully saturated rings. The zero-order valence-corrected chi connectivity index (χ0v) is 15.2. The first kappa shape index (κ1) is 17.7. The van der Waals surface area contributed by atoms with Crippen molar-refractivity contribution in [2.24, 2.45) is 5.41 Å². The fourth-order valence-electron chi connectivity index (χ4n) is 3.73. The Morgan fingerprint density at radius 2 is 1.84 bits per heavy atom. The maximum absolute atomic E-state index is 13.0. The lowest BCUT2D eigenvalue weighted by atomic mass is 9.78. The summed E-state index contributed by atoms with van der Waals surface area (Å²) >= 11 is 0. The number of anilines is 1. The van der Waals surface area contributed by atoms with Crippen LogP contribution in [0, 0.1) is 5.41 Å². The number of rotatable bonds is 6. The predicted molar refractivity (Wildman–Crippen MR) is 92.1 cm³/mol. The first-order chi connectivity index (χ1) is 12.1. The number of carbonyl (C=O) groups excluding carboxylic acids is 1. The molecule has 0 aliphatic carbocycles. The van der Waals surface area contributed by atoms with Crippen molar-refractivity contribution in [1.29, 1.82) is 0 Å². The van der Waals surface area contributed by atoms with Crippen LogP contribution in [0.25, 0.3) is 0 Å². The number of piperidine rings is 1. The van der Waals surface area contributed by atoms with Gasteiger partial charge in [0.15, 0.2) is 0 Å². The van der Waals surface area contributed by atoms with E-state index in [2.05, 4.69) is 14.9 Å². The SMILES string of the molecule is COCCN1CCC[C@]2(CCN(c3nc(OC)cc(OC)n3)C2)C1=O. The molecule has 1 atom stereocenters. The Bertz CT molecular complexity index is 604. The predicted octanol–water partition coefficient (Wildman–Crippen LogP) is 0.959. The van der Waals surface area contributed by atoms with Gasteiger partial charge in [-0.15, -0.1) is 0 Å². The molecule has 2 aliphatic heterocycles. The molecule has 25 heavy (non-hydrogen) atoms. The molecule has 1 aromatic heterocycles. The van der Waals surface area contributed by atoms with E-state index in [9.17, 15) is 4.79 Å². The minimum absolute atomic E-state index is 0.230. The molecule has 0 bridgehead atoms. The van der Waals surface area contributed by atoms with Gasteiger partial charge in [-0.2, -0.15) is 9.97 Å². The molecule has 3 rings (SSSR count). The quantitative estimate of drug-likeness (QED) is 0.756. The van der Waals surface area contributed by atoms with Crippen LogP contribution in [0.2, 0.25) is 0 Å². The normalized spacial score (nSPS) is 23.4. The van der Waals surface area contributed by atoms with Gasteiger partial charge in [0.2, 0.25) is 23.6 Å². The molecule has 138 valence electrons. The zero-order chi connectivity index (χ0) is 17.9. The second-order valence-corrected chi connectivity index (χ2v) is 6.59. The van der Waals surface area contributed by atoms with Crippen molar-refractivity contribution >= 4 is 11.9 Å². The van der Waals surface area contributed by atoms with Gasteiger partial charge < -0.3 is 24.0 Å². The Morgan fingerprint density at radius 1 is 1.12 bits per heavy atom. The van der Waals surface area contributed by atoms with E-state index in [4.69, 9.17) is 14.2 Å². The monoisotopic (exact) mass is 350 g/mol. The topological polar surface area (TPSA) is 77.0 Å². The maximum Gasteiger partial charge on any atom is 0.232 e. The number of hydrogen-bond donors (Lipinski definition) is 0. The van der Waals surface area contributed by atoms with E-state index in [1.54, 1.807) is 27.4 Å². The molecule has 0 N–H and O–H groups in total. The van der Waals surface area contributed by atoms with Gasteiger partial charge in [-0.25, -0.2) is 0 Å². The van der Waals surface area contributed by atoms with Crippen LogP contribution in [0.3, 0.4) is 0 Å². The van der Waals surface area contributed by atoms with Crippen LogP contribution >= 0.6 is 0 Å². The first-order valence-corrected chi connectivity index (χ1v) is 8.62. The van der Waals surface area contributed by atoms with Gasteiger partial charge in [0, 0.05) is 33.3 Å². The van der Waals surface area contributed by atoms with E-state index in [-0.39, 0.29) is 11.3 Å². The molecule has 0 radical (unpaired) electrons. The molecule has 0 unspecified atom stereocenters. The van der Waals surface area contributed by atoms with Crippen molar-refractivity contribution in [3.63, 3.8) is 0 Å². The van der Waals surface area contributed by atoms with Gasteiger partial charge in [-0.05, 0) is 19.3 Å². The van der Waals surface area contributed by atoms with Crippen LogP contribution in [-0.4, -0.2) is 74.9 Å². The summed E-state index contributed by atoms with van der Waals surface area (Å²) in [5, 5.41) is 0.